The highest BCUT2D eigenvalue weighted by Crippen LogP contribution is 2.20. The first-order chi connectivity index (χ1) is 10.8. The zero-order valence-electron chi connectivity index (χ0n) is 12.5. The molecule has 2 aromatic carbocycles. The number of rotatable bonds is 4. The van der Waals surface area contributed by atoms with E-state index < -0.39 is 0 Å². The molecule has 0 radical (unpaired) electrons. The van der Waals surface area contributed by atoms with Gasteiger partial charge in [-0.05, 0) is 17.2 Å². The lowest BCUT2D eigenvalue weighted by Crippen LogP contribution is -2.42. The molecule has 2 N–H and O–H groups in total. The Balaban J connectivity index is 1.80. The molecule has 0 bridgehead atoms. The molecular formula is C19H20N2O. The third-order valence-corrected chi connectivity index (χ3v) is 3.88. The van der Waals surface area contributed by atoms with Crippen LogP contribution in [0, 0.1) is 0 Å². The summed E-state index contributed by atoms with van der Waals surface area (Å²) in [6.45, 7) is 2.88. The van der Waals surface area contributed by atoms with Crippen LogP contribution in [0.5, 0.6) is 0 Å². The summed E-state index contributed by atoms with van der Waals surface area (Å²) >= 11 is 0. The van der Waals surface area contributed by atoms with Gasteiger partial charge in [0.25, 0.3) is 0 Å². The fourth-order valence-corrected chi connectivity index (χ4v) is 2.72. The second-order valence-electron chi connectivity index (χ2n) is 5.40. The maximum Gasteiger partial charge on any atom is 0.185 e. The Morgan fingerprint density at radius 3 is 2.55 bits per heavy atom. The van der Waals surface area contributed by atoms with Crippen molar-refractivity contribution in [1.29, 1.82) is 0 Å². The molecule has 0 spiro atoms. The number of hydrogen-bond acceptors (Lipinski definition) is 3. The van der Waals surface area contributed by atoms with E-state index in [-0.39, 0.29) is 5.78 Å². The van der Waals surface area contributed by atoms with Gasteiger partial charge in [-0.3, -0.25) is 4.79 Å². The molecule has 22 heavy (non-hydrogen) atoms. The highest BCUT2D eigenvalue weighted by atomic mass is 16.1. The summed E-state index contributed by atoms with van der Waals surface area (Å²) in [5.74, 6) is 0.0325. The van der Waals surface area contributed by atoms with Crippen molar-refractivity contribution in [3.05, 3.63) is 77.4 Å². The zero-order chi connectivity index (χ0) is 15.2. The maximum absolute atomic E-state index is 12.2. The van der Waals surface area contributed by atoms with Gasteiger partial charge in [-0.2, -0.15) is 0 Å². The molecule has 2 aromatic rings. The number of benzene rings is 2. The summed E-state index contributed by atoms with van der Waals surface area (Å²) in [4.78, 5) is 12.2. The SMILES string of the molecule is O=C(C=Cc1ccccc1C1CNCCN1)c1ccccc1. The molecule has 0 aromatic heterocycles. The van der Waals surface area contributed by atoms with Crippen LogP contribution in [-0.4, -0.2) is 25.4 Å². The normalized spacial score (nSPS) is 18.5. The smallest absolute Gasteiger partial charge is 0.185 e. The van der Waals surface area contributed by atoms with Crippen LogP contribution in [-0.2, 0) is 0 Å². The number of allylic oxidation sites excluding steroid dienone is 1. The molecule has 1 unspecified atom stereocenters. The van der Waals surface area contributed by atoms with Gasteiger partial charge in [0, 0.05) is 31.2 Å². The molecule has 112 valence electrons. The van der Waals surface area contributed by atoms with E-state index in [1.165, 1.54) is 5.56 Å². The minimum absolute atomic E-state index is 0.0325. The van der Waals surface area contributed by atoms with Gasteiger partial charge in [0.1, 0.15) is 0 Å². The second kappa shape index (κ2) is 7.16. The minimum atomic E-state index is 0.0325. The van der Waals surface area contributed by atoms with Gasteiger partial charge in [-0.25, -0.2) is 0 Å². The number of hydrogen-bond donors (Lipinski definition) is 2. The van der Waals surface area contributed by atoms with Gasteiger partial charge in [0.2, 0.25) is 0 Å². The van der Waals surface area contributed by atoms with Crippen molar-refractivity contribution in [3.8, 4) is 0 Å². The van der Waals surface area contributed by atoms with Crippen LogP contribution < -0.4 is 10.6 Å². The fraction of sp³-hybridized carbons (Fsp3) is 0.211. The average molecular weight is 292 g/mol. The van der Waals surface area contributed by atoms with Gasteiger partial charge in [0.15, 0.2) is 5.78 Å². The molecule has 1 aliphatic rings. The molecule has 1 aliphatic heterocycles. The third kappa shape index (κ3) is 3.50. The fourth-order valence-electron chi connectivity index (χ4n) is 2.72. The third-order valence-electron chi connectivity index (χ3n) is 3.88. The number of piperazine rings is 1. The highest BCUT2D eigenvalue weighted by molar-refractivity contribution is 6.06. The predicted octanol–water partition coefficient (Wildman–Crippen LogP) is 2.82. The summed E-state index contributed by atoms with van der Waals surface area (Å²) in [7, 11) is 0. The Labute approximate surface area is 131 Å². The van der Waals surface area contributed by atoms with Crippen molar-refractivity contribution in [2.24, 2.45) is 0 Å². The summed E-state index contributed by atoms with van der Waals surface area (Å²) in [6, 6.07) is 17.9. The number of nitrogens with one attached hydrogen (secondary N) is 2. The van der Waals surface area contributed by atoms with E-state index in [4.69, 9.17) is 0 Å². The van der Waals surface area contributed by atoms with Gasteiger partial charge in [0.05, 0.1) is 0 Å². The van der Waals surface area contributed by atoms with Crippen LogP contribution in [0.25, 0.3) is 6.08 Å². The number of ketones is 1. The molecule has 1 fully saturated rings. The van der Waals surface area contributed by atoms with Crippen LogP contribution in [0.15, 0.2) is 60.7 Å². The van der Waals surface area contributed by atoms with E-state index in [1.54, 1.807) is 6.08 Å². The predicted molar refractivity (Wildman–Crippen MR) is 89.9 cm³/mol. The molecule has 1 saturated heterocycles. The van der Waals surface area contributed by atoms with Gasteiger partial charge < -0.3 is 10.6 Å². The average Bonchev–Trinajstić information content (AvgIpc) is 2.61. The Morgan fingerprint density at radius 1 is 1.00 bits per heavy atom. The lowest BCUT2D eigenvalue weighted by molar-refractivity contribution is 0.104. The standard InChI is InChI=1S/C19H20N2O/c22-19(16-7-2-1-3-8-16)11-10-15-6-4-5-9-17(15)18-14-20-12-13-21-18/h1-11,18,20-21H,12-14H2. The van der Waals surface area contributed by atoms with Crippen molar-refractivity contribution in [2.45, 2.75) is 6.04 Å². The van der Waals surface area contributed by atoms with Gasteiger partial charge >= 0.3 is 0 Å². The summed E-state index contributed by atoms with van der Waals surface area (Å²) in [5.41, 5.74) is 3.04. The highest BCUT2D eigenvalue weighted by Gasteiger charge is 2.16. The lowest BCUT2D eigenvalue weighted by Gasteiger charge is -2.26. The molecular weight excluding hydrogens is 272 g/mol. The van der Waals surface area contributed by atoms with Gasteiger partial charge in [-0.1, -0.05) is 60.7 Å². The molecule has 3 rings (SSSR count). The molecule has 3 heteroatoms. The van der Waals surface area contributed by atoms with Crippen LogP contribution >= 0.6 is 0 Å². The quantitative estimate of drug-likeness (QED) is 0.672. The summed E-state index contributed by atoms with van der Waals surface area (Å²) < 4.78 is 0. The van der Waals surface area contributed by atoms with Crippen molar-refractivity contribution >= 4 is 11.9 Å². The maximum atomic E-state index is 12.2. The Kier molecular flexibility index (Phi) is 4.78. The van der Waals surface area contributed by atoms with E-state index in [1.807, 2.05) is 48.5 Å². The van der Waals surface area contributed by atoms with Crippen molar-refractivity contribution in [3.63, 3.8) is 0 Å². The molecule has 3 nitrogen and oxygen atoms in total. The molecule has 1 heterocycles. The van der Waals surface area contributed by atoms with E-state index in [0.717, 1.165) is 25.2 Å². The first kappa shape index (κ1) is 14.7. The largest absolute Gasteiger partial charge is 0.314 e. The Bertz CT molecular complexity index is 658. The molecule has 0 amide bonds. The molecule has 1 atom stereocenters. The topological polar surface area (TPSA) is 41.1 Å². The lowest BCUT2D eigenvalue weighted by atomic mass is 9.98. The van der Waals surface area contributed by atoms with Crippen LogP contribution in [0.1, 0.15) is 27.5 Å². The summed E-state index contributed by atoms with van der Waals surface area (Å²) in [6.07, 6.45) is 3.57. The van der Waals surface area contributed by atoms with Crippen LogP contribution in [0.4, 0.5) is 0 Å². The van der Waals surface area contributed by atoms with Crippen molar-refractivity contribution in [2.75, 3.05) is 19.6 Å². The monoisotopic (exact) mass is 292 g/mol. The number of carbonyl (C=O) groups is 1. The Morgan fingerprint density at radius 2 is 1.77 bits per heavy atom. The summed E-state index contributed by atoms with van der Waals surface area (Å²) in [5, 5.41) is 6.91. The van der Waals surface area contributed by atoms with Crippen molar-refractivity contribution in [1.82, 2.24) is 10.6 Å². The van der Waals surface area contributed by atoms with Crippen LogP contribution in [0.2, 0.25) is 0 Å². The van der Waals surface area contributed by atoms with E-state index in [0.29, 0.717) is 11.6 Å². The van der Waals surface area contributed by atoms with Gasteiger partial charge in [-0.15, -0.1) is 0 Å². The second-order valence-corrected chi connectivity index (χ2v) is 5.40. The van der Waals surface area contributed by atoms with Crippen molar-refractivity contribution < 1.29 is 4.79 Å². The first-order valence-electron chi connectivity index (χ1n) is 7.65. The first-order valence-corrected chi connectivity index (χ1v) is 7.65. The van der Waals surface area contributed by atoms with E-state index in [9.17, 15) is 4.79 Å². The van der Waals surface area contributed by atoms with E-state index >= 15 is 0 Å². The zero-order valence-corrected chi connectivity index (χ0v) is 12.5. The van der Waals surface area contributed by atoms with E-state index in [2.05, 4.69) is 22.8 Å². The van der Waals surface area contributed by atoms with Crippen LogP contribution in [0.3, 0.4) is 0 Å². The minimum Gasteiger partial charge on any atom is -0.314 e. The molecule has 0 saturated carbocycles. The molecule has 0 aliphatic carbocycles. The Hall–Kier alpha value is -2.23. The number of carbonyl (C=O) groups excluding carboxylic acids is 1.